The minimum atomic E-state index is -2.91. The zero-order valence-corrected chi connectivity index (χ0v) is 14.9. The normalized spacial score (nSPS) is 11.6. The lowest BCUT2D eigenvalue weighted by Crippen LogP contribution is -2.18. The minimum Gasteiger partial charge on any atom is -0.361 e. The first-order valence-electron chi connectivity index (χ1n) is 8.78. The second-order valence-electron chi connectivity index (χ2n) is 6.49. The van der Waals surface area contributed by atoms with Crippen molar-refractivity contribution in [1.82, 2.24) is 25.0 Å². The summed E-state index contributed by atoms with van der Waals surface area (Å²) in [7, 11) is 0. The van der Waals surface area contributed by atoms with E-state index in [-0.39, 0.29) is 5.69 Å². The second-order valence-corrected chi connectivity index (χ2v) is 6.49. The summed E-state index contributed by atoms with van der Waals surface area (Å²) in [5.41, 5.74) is 3.75. The third-order valence-corrected chi connectivity index (χ3v) is 4.80. The molecule has 1 amide bonds. The summed E-state index contributed by atoms with van der Waals surface area (Å²) >= 11 is 0. The van der Waals surface area contributed by atoms with Gasteiger partial charge in [0.15, 0.2) is 0 Å². The molecule has 0 aliphatic rings. The van der Waals surface area contributed by atoms with Gasteiger partial charge in [0.05, 0.1) is 17.4 Å². The van der Waals surface area contributed by atoms with Gasteiger partial charge in [-0.15, -0.1) is 0 Å². The number of anilines is 1. The zero-order chi connectivity index (χ0) is 20.0. The van der Waals surface area contributed by atoms with Crippen LogP contribution in [0.5, 0.6) is 0 Å². The Morgan fingerprint density at radius 3 is 2.86 bits per heavy atom. The van der Waals surface area contributed by atoms with Crippen LogP contribution < -0.4 is 5.32 Å². The summed E-state index contributed by atoms with van der Waals surface area (Å²) in [6.45, 7) is -2.91. The Hall–Kier alpha value is -4.01. The van der Waals surface area contributed by atoms with Crippen molar-refractivity contribution in [1.29, 1.82) is 0 Å². The molecule has 144 valence electrons. The van der Waals surface area contributed by atoms with E-state index >= 15 is 0 Å². The van der Waals surface area contributed by atoms with E-state index in [9.17, 15) is 13.6 Å². The van der Waals surface area contributed by atoms with Crippen molar-refractivity contribution in [3.63, 3.8) is 0 Å². The van der Waals surface area contributed by atoms with Gasteiger partial charge in [0.25, 0.3) is 5.91 Å². The second kappa shape index (κ2) is 6.55. The number of H-pyrrole nitrogens is 2. The lowest BCUT2D eigenvalue weighted by molar-refractivity contribution is 0.0520. The van der Waals surface area contributed by atoms with Crippen molar-refractivity contribution in [3.05, 3.63) is 66.7 Å². The quantitative estimate of drug-likeness (QED) is 0.419. The van der Waals surface area contributed by atoms with Gasteiger partial charge in [0.2, 0.25) is 0 Å². The molecule has 5 rings (SSSR count). The molecule has 29 heavy (non-hydrogen) atoms. The maximum absolute atomic E-state index is 13.1. The highest BCUT2D eigenvalue weighted by Gasteiger charge is 2.19. The molecule has 5 aromatic rings. The summed E-state index contributed by atoms with van der Waals surface area (Å²) in [5, 5.41) is 14.9. The fraction of sp³-hybridized carbons (Fsp3) is 0.0500. The number of nitrogens with zero attached hydrogens (tertiary/aromatic N) is 3. The first-order chi connectivity index (χ1) is 14.1. The van der Waals surface area contributed by atoms with Gasteiger partial charge in [0, 0.05) is 28.7 Å². The first-order valence-corrected chi connectivity index (χ1v) is 8.78. The number of alkyl halides is 2. The van der Waals surface area contributed by atoms with Crippen molar-refractivity contribution in [2.75, 3.05) is 5.32 Å². The lowest BCUT2D eigenvalue weighted by atomic mass is 9.99. The Labute approximate surface area is 162 Å². The maximum atomic E-state index is 13.1. The van der Waals surface area contributed by atoms with Crippen LogP contribution in [0.2, 0.25) is 0 Å². The van der Waals surface area contributed by atoms with E-state index in [0.717, 1.165) is 28.2 Å². The molecular formula is C20H14F2N6O. The van der Waals surface area contributed by atoms with Crippen LogP contribution in [0.25, 0.3) is 32.9 Å². The van der Waals surface area contributed by atoms with Crippen LogP contribution in [0.3, 0.4) is 0 Å². The molecule has 0 unspecified atom stereocenters. The van der Waals surface area contributed by atoms with E-state index in [0.29, 0.717) is 21.3 Å². The molecule has 3 heterocycles. The Bertz CT molecular complexity index is 1350. The smallest absolute Gasteiger partial charge is 0.333 e. The predicted molar refractivity (Wildman–Crippen MR) is 105 cm³/mol. The van der Waals surface area contributed by atoms with E-state index in [1.165, 1.54) is 6.07 Å². The molecule has 0 saturated heterocycles. The number of aromatic amines is 2. The minimum absolute atomic E-state index is 0.227. The molecule has 0 spiro atoms. The summed E-state index contributed by atoms with van der Waals surface area (Å²) in [6.07, 6.45) is 4.60. The number of aromatic nitrogens is 5. The van der Waals surface area contributed by atoms with Crippen LogP contribution in [0.1, 0.15) is 17.0 Å². The third kappa shape index (κ3) is 2.83. The Morgan fingerprint density at radius 1 is 1.10 bits per heavy atom. The van der Waals surface area contributed by atoms with Gasteiger partial charge in [-0.2, -0.15) is 23.7 Å². The topological polar surface area (TPSA) is 91.4 Å². The van der Waals surface area contributed by atoms with E-state index < -0.39 is 12.5 Å². The SMILES string of the molecule is O=C(Nc1cc(-c2cccc3[nH]ccc23)cc2[nH]ncc12)c1ccnn1C(F)F. The molecule has 9 heteroatoms. The molecule has 7 nitrogen and oxygen atoms in total. The average Bonchev–Trinajstić information content (AvgIpc) is 3.46. The van der Waals surface area contributed by atoms with Crippen LogP contribution in [0.4, 0.5) is 14.5 Å². The van der Waals surface area contributed by atoms with E-state index in [4.69, 9.17) is 0 Å². The summed E-state index contributed by atoms with van der Waals surface area (Å²) in [6, 6.07) is 12.8. The van der Waals surface area contributed by atoms with Crippen molar-refractivity contribution < 1.29 is 13.6 Å². The predicted octanol–water partition coefficient (Wildman–Crippen LogP) is 4.56. The van der Waals surface area contributed by atoms with Crippen LogP contribution in [0.15, 0.2) is 61.1 Å². The molecule has 0 aliphatic carbocycles. The fourth-order valence-electron chi connectivity index (χ4n) is 3.48. The van der Waals surface area contributed by atoms with Crippen molar-refractivity contribution in [3.8, 4) is 11.1 Å². The van der Waals surface area contributed by atoms with E-state index in [1.807, 2.05) is 36.5 Å². The Kier molecular flexibility index (Phi) is 3.87. The highest BCUT2D eigenvalue weighted by atomic mass is 19.3. The Balaban J connectivity index is 1.61. The first kappa shape index (κ1) is 17.1. The number of nitrogens with one attached hydrogen (secondary N) is 3. The molecule has 0 atom stereocenters. The van der Waals surface area contributed by atoms with Crippen molar-refractivity contribution >= 4 is 33.4 Å². The molecule has 0 radical (unpaired) electrons. The molecular weight excluding hydrogens is 378 g/mol. The third-order valence-electron chi connectivity index (χ3n) is 4.80. The molecule has 0 fully saturated rings. The highest BCUT2D eigenvalue weighted by molar-refractivity contribution is 6.09. The van der Waals surface area contributed by atoms with Gasteiger partial charge < -0.3 is 10.3 Å². The standard InChI is InChI=1S/C20H14F2N6O/c21-20(22)28-18(5-7-25-28)19(29)26-16-8-11(9-17-14(16)10-24-27-17)12-2-1-3-15-13(12)4-6-23-15/h1-10,20,23H,(H,24,27)(H,26,29). The zero-order valence-electron chi connectivity index (χ0n) is 14.9. The van der Waals surface area contributed by atoms with Crippen molar-refractivity contribution in [2.24, 2.45) is 0 Å². The van der Waals surface area contributed by atoms with Crippen molar-refractivity contribution in [2.45, 2.75) is 6.55 Å². The van der Waals surface area contributed by atoms with Gasteiger partial charge in [0.1, 0.15) is 5.69 Å². The molecule has 0 aliphatic heterocycles. The van der Waals surface area contributed by atoms with Crippen LogP contribution in [-0.2, 0) is 0 Å². The number of rotatable bonds is 4. The van der Waals surface area contributed by atoms with E-state index in [2.05, 4.69) is 25.6 Å². The molecule has 2 aromatic carbocycles. The van der Waals surface area contributed by atoms with Crippen LogP contribution in [-0.4, -0.2) is 30.9 Å². The largest absolute Gasteiger partial charge is 0.361 e. The number of amides is 1. The number of carbonyl (C=O) groups is 1. The van der Waals surface area contributed by atoms with Gasteiger partial charge in [-0.05, 0) is 41.5 Å². The molecule has 0 saturated carbocycles. The van der Waals surface area contributed by atoms with Crippen LogP contribution in [0, 0.1) is 0 Å². The van der Waals surface area contributed by atoms with Crippen LogP contribution >= 0.6 is 0 Å². The van der Waals surface area contributed by atoms with Gasteiger partial charge in [-0.3, -0.25) is 9.89 Å². The number of halogens is 2. The molecule has 0 bridgehead atoms. The number of carbonyl (C=O) groups excluding carboxylic acids is 1. The number of hydrogen-bond donors (Lipinski definition) is 3. The summed E-state index contributed by atoms with van der Waals surface area (Å²) in [5.74, 6) is -0.678. The monoisotopic (exact) mass is 392 g/mol. The molecule has 3 aromatic heterocycles. The number of benzene rings is 2. The summed E-state index contributed by atoms with van der Waals surface area (Å²) in [4.78, 5) is 15.8. The van der Waals surface area contributed by atoms with E-state index in [1.54, 1.807) is 12.3 Å². The molecule has 3 N–H and O–H groups in total. The summed E-state index contributed by atoms with van der Waals surface area (Å²) < 4.78 is 26.5. The Morgan fingerprint density at radius 2 is 2.00 bits per heavy atom. The van der Waals surface area contributed by atoms with Gasteiger partial charge in [-0.25, -0.2) is 0 Å². The highest BCUT2D eigenvalue weighted by Crippen LogP contribution is 2.34. The number of fused-ring (bicyclic) bond motifs is 2. The van der Waals surface area contributed by atoms with Gasteiger partial charge >= 0.3 is 6.55 Å². The average molecular weight is 392 g/mol. The maximum Gasteiger partial charge on any atom is 0.333 e. The van der Waals surface area contributed by atoms with Gasteiger partial charge in [-0.1, -0.05) is 12.1 Å². The fourth-order valence-corrected chi connectivity index (χ4v) is 3.48. The lowest BCUT2D eigenvalue weighted by Gasteiger charge is -2.11. The number of hydrogen-bond acceptors (Lipinski definition) is 3.